The summed E-state index contributed by atoms with van der Waals surface area (Å²) in [6, 6.07) is 20.9. The SMILES string of the molecule is CNC(C=NOCCCON=CC(Cc1ccccc1)NC)Cc1ccccc1. The van der Waals surface area contributed by atoms with E-state index >= 15 is 0 Å². The molecule has 0 aliphatic heterocycles. The molecular weight excluding hydrogens is 364 g/mol. The molecule has 0 heterocycles. The molecule has 0 saturated carbocycles. The molecule has 2 N–H and O–H groups in total. The molecular formula is C23H32N4O2. The van der Waals surface area contributed by atoms with Crippen molar-refractivity contribution in [1.82, 2.24) is 10.6 Å². The molecule has 0 bridgehead atoms. The van der Waals surface area contributed by atoms with E-state index in [2.05, 4.69) is 45.2 Å². The Balaban J connectivity index is 1.56. The van der Waals surface area contributed by atoms with Gasteiger partial charge in [-0.05, 0) is 38.1 Å². The third kappa shape index (κ3) is 9.87. The van der Waals surface area contributed by atoms with Crippen LogP contribution in [0, 0.1) is 0 Å². The minimum atomic E-state index is 0.140. The van der Waals surface area contributed by atoms with Crippen LogP contribution in [-0.4, -0.2) is 51.8 Å². The lowest BCUT2D eigenvalue weighted by molar-refractivity contribution is 0.0904. The Hall–Kier alpha value is -2.70. The van der Waals surface area contributed by atoms with Gasteiger partial charge in [-0.2, -0.15) is 0 Å². The fraction of sp³-hybridized carbons (Fsp3) is 0.391. The van der Waals surface area contributed by atoms with Gasteiger partial charge in [-0.15, -0.1) is 0 Å². The van der Waals surface area contributed by atoms with Gasteiger partial charge in [0.2, 0.25) is 0 Å². The zero-order valence-corrected chi connectivity index (χ0v) is 17.3. The minimum Gasteiger partial charge on any atom is -0.396 e. The third-order valence-corrected chi connectivity index (χ3v) is 4.44. The van der Waals surface area contributed by atoms with Crippen molar-refractivity contribution >= 4 is 12.4 Å². The fourth-order valence-electron chi connectivity index (χ4n) is 2.72. The highest BCUT2D eigenvalue weighted by atomic mass is 16.6. The van der Waals surface area contributed by atoms with E-state index in [-0.39, 0.29) is 12.1 Å². The minimum absolute atomic E-state index is 0.140. The summed E-state index contributed by atoms with van der Waals surface area (Å²) in [7, 11) is 3.84. The summed E-state index contributed by atoms with van der Waals surface area (Å²) in [6.07, 6.45) is 6.07. The van der Waals surface area contributed by atoms with E-state index in [1.165, 1.54) is 11.1 Å². The molecule has 0 aromatic heterocycles. The number of nitrogens with one attached hydrogen (secondary N) is 2. The summed E-state index contributed by atoms with van der Waals surface area (Å²) in [4.78, 5) is 10.6. The summed E-state index contributed by atoms with van der Waals surface area (Å²) in [5, 5.41) is 14.6. The van der Waals surface area contributed by atoms with Gasteiger partial charge in [0.1, 0.15) is 13.2 Å². The number of hydrogen-bond acceptors (Lipinski definition) is 6. The van der Waals surface area contributed by atoms with E-state index in [1.807, 2.05) is 50.5 Å². The summed E-state index contributed by atoms with van der Waals surface area (Å²) >= 11 is 0. The van der Waals surface area contributed by atoms with Crippen LogP contribution < -0.4 is 10.6 Å². The lowest BCUT2D eigenvalue weighted by Gasteiger charge is -2.11. The maximum atomic E-state index is 5.32. The smallest absolute Gasteiger partial charge is 0.120 e. The Kier molecular flexibility index (Phi) is 11.2. The van der Waals surface area contributed by atoms with Crippen LogP contribution in [0.1, 0.15) is 17.5 Å². The number of nitrogens with zero attached hydrogens (tertiary/aromatic N) is 2. The first-order valence-electron chi connectivity index (χ1n) is 10.0. The van der Waals surface area contributed by atoms with Crippen molar-refractivity contribution in [2.75, 3.05) is 27.3 Å². The first-order chi connectivity index (χ1) is 14.3. The maximum absolute atomic E-state index is 5.32. The second kappa shape index (κ2) is 14.3. The molecule has 6 nitrogen and oxygen atoms in total. The van der Waals surface area contributed by atoms with Crippen molar-refractivity contribution in [2.45, 2.75) is 31.3 Å². The van der Waals surface area contributed by atoms with Crippen molar-refractivity contribution in [1.29, 1.82) is 0 Å². The summed E-state index contributed by atoms with van der Waals surface area (Å²) in [5.74, 6) is 0. The third-order valence-electron chi connectivity index (χ3n) is 4.44. The Morgan fingerprint density at radius 2 is 1.14 bits per heavy atom. The van der Waals surface area contributed by atoms with Gasteiger partial charge in [0.15, 0.2) is 0 Å². The van der Waals surface area contributed by atoms with Crippen LogP contribution in [0.5, 0.6) is 0 Å². The average molecular weight is 397 g/mol. The van der Waals surface area contributed by atoms with Crippen molar-refractivity contribution in [3.05, 3.63) is 71.8 Å². The lowest BCUT2D eigenvalue weighted by atomic mass is 10.1. The molecule has 6 heteroatoms. The van der Waals surface area contributed by atoms with E-state index < -0.39 is 0 Å². The molecule has 0 fully saturated rings. The topological polar surface area (TPSA) is 67.2 Å². The number of benzene rings is 2. The summed E-state index contributed by atoms with van der Waals surface area (Å²) in [5.41, 5.74) is 2.52. The van der Waals surface area contributed by atoms with Crippen molar-refractivity contribution < 1.29 is 9.68 Å². The highest BCUT2D eigenvalue weighted by Crippen LogP contribution is 2.03. The molecule has 2 atom stereocenters. The maximum Gasteiger partial charge on any atom is 0.120 e. The van der Waals surface area contributed by atoms with Crippen molar-refractivity contribution in [2.24, 2.45) is 10.3 Å². The molecule has 29 heavy (non-hydrogen) atoms. The van der Waals surface area contributed by atoms with Gasteiger partial charge in [-0.1, -0.05) is 71.0 Å². The van der Waals surface area contributed by atoms with Crippen LogP contribution in [0.2, 0.25) is 0 Å². The number of rotatable bonds is 14. The molecule has 2 aromatic rings. The molecule has 2 unspecified atom stereocenters. The van der Waals surface area contributed by atoms with Crippen LogP contribution in [0.15, 0.2) is 71.0 Å². The van der Waals surface area contributed by atoms with E-state index in [9.17, 15) is 0 Å². The van der Waals surface area contributed by atoms with Crippen LogP contribution in [0.4, 0.5) is 0 Å². The van der Waals surface area contributed by atoms with E-state index in [0.29, 0.717) is 13.2 Å². The van der Waals surface area contributed by atoms with Gasteiger partial charge in [0.25, 0.3) is 0 Å². The number of hydrogen-bond donors (Lipinski definition) is 2. The van der Waals surface area contributed by atoms with Crippen molar-refractivity contribution in [3.8, 4) is 0 Å². The van der Waals surface area contributed by atoms with Crippen LogP contribution in [0.25, 0.3) is 0 Å². The second-order valence-corrected chi connectivity index (χ2v) is 6.70. The highest BCUT2D eigenvalue weighted by molar-refractivity contribution is 5.64. The van der Waals surface area contributed by atoms with Crippen LogP contribution >= 0.6 is 0 Å². The molecule has 2 rings (SSSR count). The van der Waals surface area contributed by atoms with E-state index in [0.717, 1.165) is 19.3 Å². The predicted octanol–water partition coefficient (Wildman–Crippen LogP) is 3.04. The van der Waals surface area contributed by atoms with Gasteiger partial charge in [-0.3, -0.25) is 0 Å². The molecule has 0 spiro atoms. The predicted molar refractivity (Wildman–Crippen MR) is 119 cm³/mol. The van der Waals surface area contributed by atoms with Crippen LogP contribution in [0.3, 0.4) is 0 Å². The molecule has 0 radical (unpaired) electrons. The zero-order chi connectivity index (χ0) is 20.6. The Bertz CT molecular complexity index is 646. The van der Waals surface area contributed by atoms with Gasteiger partial charge in [0.05, 0.1) is 12.4 Å². The highest BCUT2D eigenvalue weighted by Gasteiger charge is 2.04. The first kappa shape index (κ1) is 22.6. The van der Waals surface area contributed by atoms with Gasteiger partial charge in [-0.25, -0.2) is 0 Å². The van der Waals surface area contributed by atoms with Gasteiger partial charge < -0.3 is 20.3 Å². The molecule has 0 aliphatic carbocycles. The monoisotopic (exact) mass is 396 g/mol. The number of oxime groups is 2. The summed E-state index contributed by atoms with van der Waals surface area (Å²) < 4.78 is 0. The van der Waals surface area contributed by atoms with Gasteiger partial charge >= 0.3 is 0 Å². The quantitative estimate of drug-likeness (QED) is 0.293. The Labute approximate surface area is 174 Å². The van der Waals surface area contributed by atoms with Gasteiger partial charge in [0, 0.05) is 18.5 Å². The first-order valence-corrected chi connectivity index (χ1v) is 10.0. The standard InChI is InChI=1S/C23H32N4O2/c1-24-22(16-20-10-5-3-6-11-20)18-26-28-14-9-15-29-27-19-23(25-2)17-21-12-7-4-8-13-21/h3-8,10-13,18-19,22-25H,9,14-17H2,1-2H3. The molecule has 2 aromatic carbocycles. The number of likely N-dealkylation sites (N-methyl/N-ethyl adjacent to an activating group) is 2. The lowest BCUT2D eigenvalue weighted by Crippen LogP contribution is -2.29. The second-order valence-electron chi connectivity index (χ2n) is 6.70. The zero-order valence-electron chi connectivity index (χ0n) is 17.3. The van der Waals surface area contributed by atoms with E-state index in [4.69, 9.17) is 9.68 Å². The molecule has 0 aliphatic rings. The summed E-state index contributed by atoms with van der Waals surface area (Å²) in [6.45, 7) is 0.987. The molecule has 156 valence electrons. The van der Waals surface area contributed by atoms with Crippen molar-refractivity contribution in [3.63, 3.8) is 0 Å². The van der Waals surface area contributed by atoms with Crippen LogP contribution in [-0.2, 0) is 22.5 Å². The van der Waals surface area contributed by atoms with E-state index in [1.54, 1.807) is 12.4 Å². The Morgan fingerprint density at radius 3 is 1.52 bits per heavy atom. The average Bonchev–Trinajstić information content (AvgIpc) is 2.77. The Morgan fingerprint density at radius 1 is 0.724 bits per heavy atom. The normalized spacial score (nSPS) is 13.6. The largest absolute Gasteiger partial charge is 0.396 e. The fourth-order valence-corrected chi connectivity index (χ4v) is 2.72. The molecule has 0 saturated heterocycles. The molecule has 0 amide bonds.